The summed E-state index contributed by atoms with van der Waals surface area (Å²) in [5, 5.41) is 4.27. The standard InChI is InChI=1S/C13H21N7/c1-10-7-12(20-13(17-10)15-9-16-20)19-5-3-18(4-6-19)11(2)8-14/h7,9,11H,3-6,8,14H2,1-2H3. The van der Waals surface area contributed by atoms with Gasteiger partial charge in [0.2, 0.25) is 0 Å². The zero-order valence-electron chi connectivity index (χ0n) is 12.0. The zero-order chi connectivity index (χ0) is 14.1. The first kappa shape index (κ1) is 13.3. The van der Waals surface area contributed by atoms with Gasteiger partial charge in [0.1, 0.15) is 12.1 Å². The van der Waals surface area contributed by atoms with Gasteiger partial charge in [-0.05, 0) is 13.8 Å². The number of aromatic nitrogens is 4. The third kappa shape index (κ3) is 2.34. The van der Waals surface area contributed by atoms with Gasteiger partial charge in [0.05, 0.1) is 0 Å². The van der Waals surface area contributed by atoms with Gasteiger partial charge in [0.15, 0.2) is 0 Å². The minimum Gasteiger partial charge on any atom is -0.354 e. The van der Waals surface area contributed by atoms with Crippen LogP contribution in [0.3, 0.4) is 0 Å². The number of aryl methyl sites for hydroxylation is 1. The van der Waals surface area contributed by atoms with E-state index in [0.717, 1.165) is 37.7 Å². The SMILES string of the molecule is Cc1cc(N2CCN(C(C)CN)CC2)n2ncnc2n1. The van der Waals surface area contributed by atoms with Crippen LogP contribution in [-0.2, 0) is 0 Å². The number of hydrogen-bond acceptors (Lipinski definition) is 6. The molecule has 2 aromatic rings. The molecule has 0 radical (unpaired) electrons. The lowest BCUT2D eigenvalue weighted by Gasteiger charge is -2.38. The Bertz CT molecular complexity index is 585. The van der Waals surface area contributed by atoms with Crippen molar-refractivity contribution in [2.75, 3.05) is 37.6 Å². The molecule has 0 spiro atoms. The van der Waals surface area contributed by atoms with Crippen molar-refractivity contribution in [3.05, 3.63) is 18.1 Å². The van der Waals surface area contributed by atoms with Crippen molar-refractivity contribution in [1.29, 1.82) is 0 Å². The summed E-state index contributed by atoms with van der Waals surface area (Å²) in [7, 11) is 0. The van der Waals surface area contributed by atoms with Gasteiger partial charge >= 0.3 is 0 Å². The highest BCUT2D eigenvalue weighted by Crippen LogP contribution is 2.18. The summed E-state index contributed by atoms with van der Waals surface area (Å²) in [6, 6.07) is 2.52. The van der Waals surface area contributed by atoms with Crippen molar-refractivity contribution >= 4 is 11.6 Å². The molecule has 0 bridgehead atoms. The quantitative estimate of drug-likeness (QED) is 0.843. The van der Waals surface area contributed by atoms with Gasteiger partial charge in [0.25, 0.3) is 5.78 Å². The second kappa shape index (κ2) is 5.34. The summed E-state index contributed by atoms with van der Waals surface area (Å²) < 4.78 is 1.81. The Hall–Kier alpha value is -1.73. The number of fused-ring (bicyclic) bond motifs is 1. The highest BCUT2D eigenvalue weighted by molar-refractivity contribution is 5.47. The van der Waals surface area contributed by atoms with Gasteiger partial charge in [0, 0.05) is 50.5 Å². The van der Waals surface area contributed by atoms with Gasteiger partial charge in [-0.3, -0.25) is 4.90 Å². The number of nitrogens with zero attached hydrogens (tertiary/aromatic N) is 6. The lowest BCUT2D eigenvalue weighted by atomic mass is 10.2. The fraction of sp³-hybridized carbons (Fsp3) is 0.615. The summed E-state index contributed by atoms with van der Waals surface area (Å²) in [6.45, 7) is 8.88. The van der Waals surface area contributed by atoms with E-state index in [4.69, 9.17) is 5.73 Å². The lowest BCUT2D eigenvalue weighted by molar-refractivity contribution is 0.200. The molecule has 108 valence electrons. The molecule has 1 fully saturated rings. The van der Waals surface area contributed by atoms with Crippen LogP contribution in [0.25, 0.3) is 5.78 Å². The number of hydrogen-bond donors (Lipinski definition) is 1. The molecule has 3 rings (SSSR count). The van der Waals surface area contributed by atoms with E-state index < -0.39 is 0 Å². The van der Waals surface area contributed by atoms with Crippen LogP contribution >= 0.6 is 0 Å². The predicted molar refractivity (Wildman–Crippen MR) is 77.8 cm³/mol. The highest BCUT2D eigenvalue weighted by atomic mass is 15.4. The maximum Gasteiger partial charge on any atom is 0.254 e. The molecule has 7 heteroatoms. The number of piperazine rings is 1. The van der Waals surface area contributed by atoms with Gasteiger partial charge in [-0.25, -0.2) is 4.98 Å². The first-order chi connectivity index (χ1) is 9.69. The van der Waals surface area contributed by atoms with Crippen LogP contribution in [0.4, 0.5) is 5.82 Å². The Morgan fingerprint density at radius 1 is 1.30 bits per heavy atom. The average Bonchev–Trinajstić information content (AvgIpc) is 2.94. The van der Waals surface area contributed by atoms with Crippen LogP contribution in [0.5, 0.6) is 0 Å². The van der Waals surface area contributed by atoms with E-state index in [9.17, 15) is 0 Å². The van der Waals surface area contributed by atoms with Crippen LogP contribution in [0.15, 0.2) is 12.4 Å². The van der Waals surface area contributed by atoms with Crippen LogP contribution in [0, 0.1) is 6.92 Å². The fourth-order valence-corrected chi connectivity index (χ4v) is 2.68. The van der Waals surface area contributed by atoms with Crippen LogP contribution in [0.2, 0.25) is 0 Å². The van der Waals surface area contributed by atoms with Gasteiger partial charge in [-0.15, -0.1) is 0 Å². The summed E-state index contributed by atoms with van der Waals surface area (Å²) in [5.41, 5.74) is 6.71. The van der Waals surface area contributed by atoms with Crippen molar-refractivity contribution in [1.82, 2.24) is 24.5 Å². The molecule has 3 heterocycles. The van der Waals surface area contributed by atoms with Crippen molar-refractivity contribution in [3.63, 3.8) is 0 Å². The smallest absolute Gasteiger partial charge is 0.254 e. The van der Waals surface area contributed by atoms with Crippen molar-refractivity contribution in [3.8, 4) is 0 Å². The third-order valence-electron chi connectivity index (χ3n) is 3.96. The molecule has 1 aliphatic rings. The number of nitrogens with two attached hydrogens (primary N) is 1. The largest absolute Gasteiger partial charge is 0.354 e. The Labute approximate surface area is 118 Å². The monoisotopic (exact) mass is 275 g/mol. The molecule has 1 saturated heterocycles. The molecule has 1 aliphatic heterocycles. The molecule has 20 heavy (non-hydrogen) atoms. The summed E-state index contributed by atoms with van der Waals surface area (Å²) in [5.74, 6) is 1.74. The molecule has 2 N–H and O–H groups in total. The maximum atomic E-state index is 5.74. The molecule has 0 saturated carbocycles. The molecule has 2 aromatic heterocycles. The topological polar surface area (TPSA) is 75.6 Å². The van der Waals surface area contributed by atoms with E-state index in [-0.39, 0.29) is 0 Å². The number of anilines is 1. The Kier molecular flexibility index (Phi) is 3.54. The second-order valence-corrected chi connectivity index (χ2v) is 5.34. The van der Waals surface area contributed by atoms with Crippen molar-refractivity contribution < 1.29 is 0 Å². The highest BCUT2D eigenvalue weighted by Gasteiger charge is 2.22. The molecule has 0 aliphatic carbocycles. The summed E-state index contributed by atoms with van der Waals surface area (Å²) in [4.78, 5) is 13.3. The summed E-state index contributed by atoms with van der Waals surface area (Å²) >= 11 is 0. The van der Waals surface area contributed by atoms with E-state index in [0.29, 0.717) is 18.4 Å². The third-order valence-corrected chi connectivity index (χ3v) is 3.96. The Balaban J connectivity index is 1.81. The molecule has 7 nitrogen and oxygen atoms in total. The molecule has 1 unspecified atom stereocenters. The van der Waals surface area contributed by atoms with Gasteiger partial charge in [-0.2, -0.15) is 14.6 Å². The molecule has 0 aromatic carbocycles. The van der Waals surface area contributed by atoms with Crippen molar-refractivity contribution in [2.24, 2.45) is 5.73 Å². The first-order valence-corrected chi connectivity index (χ1v) is 7.05. The Morgan fingerprint density at radius 3 is 2.75 bits per heavy atom. The first-order valence-electron chi connectivity index (χ1n) is 7.05. The molecular weight excluding hydrogens is 254 g/mol. The normalized spacial score (nSPS) is 18.6. The second-order valence-electron chi connectivity index (χ2n) is 5.34. The van der Waals surface area contributed by atoms with Gasteiger partial charge in [-0.1, -0.05) is 0 Å². The fourth-order valence-electron chi connectivity index (χ4n) is 2.68. The zero-order valence-corrected chi connectivity index (χ0v) is 12.0. The van der Waals surface area contributed by atoms with E-state index in [1.54, 1.807) is 6.33 Å². The maximum absolute atomic E-state index is 5.74. The molecular formula is C13H21N7. The van der Waals surface area contributed by atoms with E-state index in [2.05, 4.69) is 37.9 Å². The minimum atomic E-state index is 0.447. The molecule has 0 amide bonds. The molecule has 1 atom stereocenters. The van der Waals surface area contributed by atoms with Crippen LogP contribution in [-0.4, -0.2) is 63.2 Å². The number of rotatable bonds is 3. The van der Waals surface area contributed by atoms with E-state index in [1.807, 2.05) is 11.4 Å². The van der Waals surface area contributed by atoms with E-state index >= 15 is 0 Å². The van der Waals surface area contributed by atoms with Crippen LogP contribution in [0.1, 0.15) is 12.6 Å². The predicted octanol–water partition coefficient (Wildman–Crippen LogP) is -0.0981. The van der Waals surface area contributed by atoms with E-state index in [1.165, 1.54) is 0 Å². The average molecular weight is 275 g/mol. The van der Waals surface area contributed by atoms with Gasteiger partial charge < -0.3 is 10.6 Å². The lowest BCUT2D eigenvalue weighted by Crippen LogP contribution is -2.51. The van der Waals surface area contributed by atoms with Crippen molar-refractivity contribution in [2.45, 2.75) is 19.9 Å². The minimum absolute atomic E-state index is 0.447. The Morgan fingerprint density at radius 2 is 2.05 bits per heavy atom. The summed E-state index contributed by atoms with van der Waals surface area (Å²) in [6.07, 6.45) is 1.55. The van der Waals surface area contributed by atoms with Crippen LogP contribution < -0.4 is 10.6 Å².